The van der Waals surface area contributed by atoms with E-state index in [1.807, 2.05) is 0 Å². The Morgan fingerprint density at radius 3 is 1.79 bits per heavy atom. The Kier molecular flexibility index (Phi) is 5.00. The second-order valence-electron chi connectivity index (χ2n) is 10.00. The molecule has 0 fully saturated rings. The van der Waals surface area contributed by atoms with Crippen LogP contribution in [0.5, 0.6) is 0 Å². The highest BCUT2D eigenvalue weighted by atomic mass is 14.3. The van der Waals surface area contributed by atoms with Crippen molar-refractivity contribution in [3.05, 3.63) is 59.7 Å². The molecule has 0 saturated carbocycles. The van der Waals surface area contributed by atoms with E-state index < -0.39 is 0 Å². The molecular formula is C24H34. The third-order valence-corrected chi connectivity index (χ3v) is 4.67. The van der Waals surface area contributed by atoms with Crippen LogP contribution in [-0.2, 0) is 10.8 Å². The van der Waals surface area contributed by atoms with E-state index in [4.69, 9.17) is 0 Å². The standard InChI is InChI=1S/C24H34/c1-22(2,3)17-24(7,8)19-14-15-21(23(4,5)6)20(16-19)18-12-10-9-11-13-18/h9-16H,17H2,1-8H3. The van der Waals surface area contributed by atoms with Gasteiger partial charge in [-0.3, -0.25) is 0 Å². The molecule has 2 aromatic rings. The summed E-state index contributed by atoms with van der Waals surface area (Å²) in [6.45, 7) is 18.6. The maximum atomic E-state index is 2.43. The van der Waals surface area contributed by atoms with Crippen molar-refractivity contribution in [2.24, 2.45) is 5.41 Å². The number of benzene rings is 2. The third-order valence-electron chi connectivity index (χ3n) is 4.67. The minimum atomic E-state index is 0.137. The molecule has 0 unspecified atom stereocenters. The van der Waals surface area contributed by atoms with Crippen molar-refractivity contribution in [2.75, 3.05) is 0 Å². The Morgan fingerprint density at radius 2 is 1.29 bits per heavy atom. The van der Waals surface area contributed by atoms with E-state index >= 15 is 0 Å². The van der Waals surface area contributed by atoms with Gasteiger partial charge in [0.15, 0.2) is 0 Å². The first kappa shape index (κ1) is 18.8. The highest BCUT2D eigenvalue weighted by Crippen LogP contribution is 2.40. The van der Waals surface area contributed by atoms with Crippen LogP contribution in [0.25, 0.3) is 11.1 Å². The summed E-state index contributed by atoms with van der Waals surface area (Å²) >= 11 is 0. The predicted molar refractivity (Wildman–Crippen MR) is 108 cm³/mol. The summed E-state index contributed by atoms with van der Waals surface area (Å²) in [4.78, 5) is 0. The molecule has 0 nitrogen and oxygen atoms in total. The Labute approximate surface area is 149 Å². The molecule has 2 rings (SSSR count). The van der Waals surface area contributed by atoms with Gasteiger partial charge in [-0.2, -0.15) is 0 Å². The molecule has 0 atom stereocenters. The molecule has 2 aromatic carbocycles. The topological polar surface area (TPSA) is 0 Å². The number of hydrogen-bond acceptors (Lipinski definition) is 0. The van der Waals surface area contributed by atoms with Crippen LogP contribution in [0, 0.1) is 5.41 Å². The third kappa shape index (κ3) is 4.50. The van der Waals surface area contributed by atoms with Gasteiger partial charge in [-0.15, -0.1) is 0 Å². The first-order chi connectivity index (χ1) is 10.9. The zero-order chi connectivity index (χ0) is 18.2. The zero-order valence-electron chi connectivity index (χ0n) is 16.8. The van der Waals surface area contributed by atoms with Gasteiger partial charge in [0.25, 0.3) is 0 Å². The molecule has 24 heavy (non-hydrogen) atoms. The largest absolute Gasteiger partial charge is 0.0622 e. The normalized spacial score (nSPS) is 13.2. The Balaban J connectivity index is 2.59. The summed E-state index contributed by atoms with van der Waals surface area (Å²) < 4.78 is 0. The van der Waals surface area contributed by atoms with Gasteiger partial charge in [0.2, 0.25) is 0 Å². The molecular weight excluding hydrogens is 288 g/mol. The molecule has 0 saturated heterocycles. The van der Waals surface area contributed by atoms with E-state index in [0.29, 0.717) is 5.41 Å². The van der Waals surface area contributed by atoms with Gasteiger partial charge >= 0.3 is 0 Å². The van der Waals surface area contributed by atoms with Gasteiger partial charge in [0.1, 0.15) is 0 Å². The smallest absolute Gasteiger partial charge is 0.00984 e. The maximum Gasteiger partial charge on any atom is -0.00984 e. The molecule has 0 aliphatic carbocycles. The fraction of sp³-hybridized carbons (Fsp3) is 0.500. The summed E-state index contributed by atoms with van der Waals surface area (Å²) in [5, 5.41) is 0. The van der Waals surface area contributed by atoms with Crippen molar-refractivity contribution in [1.82, 2.24) is 0 Å². The summed E-state index contributed by atoms with van der Waals surface area (Å²) in [7, 11) is 0. The average molecular weight is 323 g/mol. The summed E-state index contributed by atoms with van der Waals surface area (Å²) in [6, 6.07) is 17.9. The molecule has 0 bridgehead atoms. The minimum absolute atomic E-state index is 0.137. The van der Waals surface area contributed by atoms with Gasteiger partial charge in [0, 0.05) is 0 Å². The van der Waals surface area contributed by atoms with Crippen molar-refractivity contribution in [3.8, 4) is 11.1 Å². The molecule has 130 valence electrons. The van der Waals surface area contributed by atoms with Gasteiger partial charge in [0.05, 0.1) is 0 Å². The van der Waals surface area contributed by atoms with Crippen LogP contribution in [0.2, 0.25) is 0 Å². The SMILES string of the molecule is CC(C)(C)CC(C)(C)c1ccc(C(C)(C)C)c(-c2ccccc2)c1. The first-order valence-corrected chi connectivity index (χ1v) is 9.11. The molecule has 0 heterocycles. The van der Waals surface area contributed by atoms with E-state index in [0.717, 1.165) is 0 Å². The van der Waals surface area contributed by atoms with Crippen molar-refractivity contribution >= 4 is 0 Å². The molecule has 0 radical (unpaired) electrons. The molecule has 0 N–H and O–H groups in total. The highest BCUT2D eigenvalue weighted by molar-refractivity contribution is 5.70. The zero-order valence-corrected chi connectivity index (χ0v) is 16.8. The van der Waals surface area contributed by atoms with Crippen LogP contribution < -0.4 is 0 Å². The maximum absolute atomic E-state index is 2.43. The van der Waals surface area contributed by atoms with Gasteiger partial charge < -0.3 is 0 Å². The Bertz CT molecular complexity index is 676. The van der Waals surface area contributed by atoms with Crippen LogP contribution in [0.3, 0.4) is 0 Å². The summed E-state index contributed by atoms with van der Waals surface area (Å²) in [5.41, 5.74) is 6.17. The lowest BCUT2D eigenvalue weighted by atomic mass is 9.70. The highest BCUT2D eigenvalue weighted by Gasteiger charge is 2.29. The van der Waals surface area contributed by atoms with Crippen molar-refractivity contribution in [3.63, 3.8) is 0 Å². The minimum Gasteiger partial charge on any atom is -0.0622 e. The molecule has 0 spiro atoms. The van der Waals surface area contributed by atoms with Crippen LogP contribution in [-0.4, -0.2) is 0 Å². The summed E-state index contributed by atoms with van der Waals surface area (Å²) in [6.07, 6.45) is 1.17. The Morgan fingerprint density at radius 1 is 0.708 bits per heavy atom. The van der Waals surface area contributed by atoms with Crippen LogP contribution in [0.4, 0.5) is 0 Å². The van der Waals surface area contributed by atoms with E-state index in [2.05, 4.69) is 104 Å². The van der Waals surface area contributed by atoms with Gasteiger partial charge in [-0.1, -0.05) is 104 Å². The van der Waals surface area contributed by atoms with E-state index in [9.17, 15) is 0 Å². The van der Waals surface area contributed by atoms with Crippen LogP contribution in [0.1, 0.15) is 72.9 Å². The molecule has 0 amide bonds. The van der Waals surface area contributed by atoms with Gasteiger partial charge in [-0.05, 0) is 44.9 Å². The summed E-state index contributed by atoms with van der Waals surface area (Å²) in [5.74, 6) is 0. The fourth-order valence-electron chi connectivity index (χ4n) is 3.90. The van der Waals surface area contributed by atoms with Gasteiger partial charge in [-0.25, -0.2) is 0 Å². The molecule has 0 aromatic heterocycles. The van der Waals surface area contributed by atoms with E-state index in [-0.39, 0.29) is 10.8 Å². The molecule has 0 heteroatoms. The lowest BCUT2D eigenvalue weighted by molar-refractivity contribution is 0.284. The fourth-order valence-corrected chi connectivity index (χ4v) is 3.90. The second kappa shape index (κ2) is 6.39. The second-order valence-corrected chi connectivity index (χ2v) is 10.00. The van der Waals surface area contributed by atoms with Crippen LogP contribution in [0.15, 0.2) is 48.5 Å². The first-order valence-electron chi connectivity index (χ1n) is 9.11. The van der Waals surface area contributed by atoms with E-state index in [1.165, 1.54) is 28.7 Å². The number of rotatable bonds is 3. The number of hydrogen-bond donors (Lipinski definition) is 0. The molecule has 0 aliphatic heterocycles. The molecule has 0 aliphatic rings. The van der Waals surface area contributed by atoms with Crippen molar-refractivity contribution in [1.29, 1.82) is 0 Å². The van der Waals surface area contributed by atoms with Crippen LogP contribution >= 0.6 is 0 Å². The quantitative estimate of drug-likeness (QED) is 0.553. The predicted octanol–water partition coefficient (Wildman–Crippen LogP) is 7.36. The van der Waals surface area contributed by atoms with Crippen molar-refractivity contribution < 1.29 is 0 Å². The lowest BCUT2D eigenvalue weighted by Crippen LogP contribution is -2.25. The Hall–Kier alpha value is -1.56. The average Bonchev–Trinajstić information content (AvgIpc) is 2.44. The van der Waals surface area contributed by atoms with Crippen molar-refractivity contribution in [2.45, 2.75) is 72.6 Å². The van der Waals surface area contributed by atoms with E-state index in [1.54, 1.807) is 0 Å². The lowest BCUT2D eigenvalue weighted by Gasteiger charge is -2.34. The monoisotopic (exact) mass is 322 g/mol.